The van der Waals surface area contributed by atoms with Crippen molar-refractivity contribution >= 4 is 46.9 Å². The predicted octanol–water partition coefficient (Wildman–Crippen LogP) is -4.87. The topological polar surface area (TPSA) is 464 Å². The quantitative estimate of drug-likeness (QED) is 0.0577. The van der Waals surface area contributed by atoms with Crippen LogP contribution in [0.1, 0.15) is 0 Å². The number of aliphatic hydroxyl groups excluding tert-OH is 3. The van der Waals surface area contributed by atoms with Crippen LogP contribution in [0.3, 0.4) is 0 Å². The van der Waals surface area contributed by atoms with E-state index in [0.717, 1.165) is 0 Å². The lowest BCUT2D eigenvalue weighted by Crippen LogP contribution is -2.66. The summed E-state index contributed by atoms with van der Waals surface area (Å²) in [5, 5.41) is 25.5. The molecule has 278 valence electrons. The molecule has 28 nitrogen and oxygen atoms in total. The molecule has 1 aliphatic carbocycles. The predicted molar refractivity (Wildman–Crippen MR) is 139 cm³/mol. The second kappa shape index (κ2) is 18.7. The number of rotatable bonds is 18. The molecule has 34 heteroatoms. The number of aliphatic hydroxyl groups is 3. The van der Waals surface area contributed by atoms with Crippen LogP contribution in [-0.4, -0.2) is 155 Å². The van der Waals surface area contributed by atoms with Crippen molar-refractivity contribution in [1.29, 1.82) is 0 Å². The first-order valence-corrected chi connectivity index (χ1v) is 20.6. The maximum atomic E-state index is 11.4. The molecule has 46 heavy (non-hydrogen) atoms. The molecular weight excluding hydrogens is 776 g/mol. The number of hydrogen-bond acceptors (Lipinski definition) is 16. The normalized spacial score (nSPS) is 25.3. The summed E-state index contributed by atoms with van der Waals surface area (Å²) in [6.07, 6.45) is -18.9. The summed E-state index contributed by atoms with van der Waals surface area (Å²) in [4.78, 5) is 111. The Bertz CT molecular complexity index is 968. The average Bonchev–Trinajstić information content (AvgIpc) is 2.77. The van der Waals surface area contributed by atoms with Gasteiger partial charge in [0.2, 0.25) is 0 Å². The van der Waals surface area contributed by atoms with Crippen LogP contribution in [-0.2, 0) is 54.5 Å². The molecule has 1 fully saturated rings. The number of phosphoric acid groups is 6. The molecule has 0 aromatic heterocycles. The molecule has 0 saturated heterocycles. The standard InChI is InChI=1S/C6H15NO3.C6H18O24P6/c8-4-1-7(2-5-9)3-6-10;7-31(8,9)25-1-2(26-32(10,11)12)4(28-34(16,17)18)6(30-36(22,23)24)5(29-35(19,20)21)3(1)27-33(13,14)15/h8-10H,1-6H2;1-6H,(H2,7,8,9)(H2,10,11,12)(H2,13,14,15)(H2,16,17,18)(H2,19,20,21)(H2,22,23,24). The second-order valence-corrected chi connectivity index (χ2v) is 15.5. The third kappa shape index (κ3) is 20.9. The monoisotopic (exact) mass is 809 g/mol. The van der Waals surface area contributed by atoms with E-state index in [1.54, 1.807) is 4.90 Å². The zero-order valence-corrected chi connectivity index (χ0v) is 27.8. The van der Waals surface area contributed by atoms with E-state index < -0.39 is 83.6 Å². The highest BCUT2D eigenvalue weighted by molar-refractivity contribution is 7.47. The Kier molecular flexibility index (Phi) is 18.9. The average molecular weight is 809 g/mol. The van der Waals surface area contributed by atoms with Gasteiger partial charge in [-0.1, -0.05) is 0 Å². The van der Waals surface area contributed by atoms with Crippen LogP contribution in [0.4, 0.5) is 0 Å². The first-order chi connectivity index (χ1) is 20.4. The molecule has 0 spiro atoms. The zero-order chi connectivity index (χ0) is 36.5. The molecule has 0 atom stereocenters. The zero-order valence-electron chi connectivity index (χ0n) is 22.4. The smallest absolute Gasteiger partial charge is 0.395 e. The van der Waals surface area contributed by atoms with Crippen LogP contribution in [0.5, 0.6) is 0 Å². The highest BCUT2D eigenvalue weighted by Gasteiger charge is 2.62. The van der Waals surface area contributed by atoms with Crippen molar-refractivity contribution in [2.45, 2.75) is 36.6 Å². The van der Waals surface area contributed by atoms with E-state index in [9.17, 15) is 27.4 Å². The molecule has 1 rings (SSSR count). The van der Waals surface area contributed by atoms with E-state index in [1.165, 1.54) is 0 Å². The Labute approximate surface area is 256 Å². The highest BCUT2D eigenvalue weighted by Crippen LogP contribution is 2.57. The lowest BCUT2D eigenvalue weighted by atomic mass is 9.85. The van der Waals surface area contributed by atoms with Crippen LogP contribution < -0.4 is 0 Å². The molecular formula is C12H33NO27P6. The van der Waals surface area contributed by atoms with Crippen LogP contribution >= 0.6 is 46.9 Å². The summed E-state index contributed by atoms with van der Waals surface area (Å²) in [5.74, 6) is 0. The largest absolute Gasteiger partial charge is 0.470 e. The van der Waals surface area contributed by atoms with Crippen molar-refractivity contribution in [2.24, 2.45) is 0 Å². The summed E-state index contributed by atoms with van der Waals surface area (Å²) in [6, 6.07) is 0. The fraction of sp³-hybridized carbons (Fsp3) is 1.00. The van der Waals surface area contributed by atoms with Gasteiger partial charge in [0.15, 0.2) is 0 Å². The lowest BCUT2D eigenvalue weighted by molar-refractivity contribution is -0.202. The Balaban J connectivity index is 0.00000173. The van der Waals surface area contributed by atoms with E-state index >= 15 is 0 Å². The van der Waals surface area contributed by atoms with Crippen LogP contribution in [0, 0.1) is 0 Å². The van der Waals surface area contributed by atoms with Crippen molar-refractivity contribution in [1.82, 2.24) is 4.90 Å². The molecule has 0 bridgehead atoms. The maximum Gasteiger partial charge on any atom is 0.470 e. The van der Waals surface area contributed by atoms with Crippen molar-refractivity contribution in [3.8, 4) is 0 Å². The Hall–Kier alpha value is 0.500. The van der Waals surface area contributed by atoms with Gasteiger partial charge in [-0.25, -0.2) is 27.4 Å². The summed E-state index contributed by atoms with van der Waals surface area (Å²) >= 11 is 0. The maximum absolute atomic E-state index is 11.4. The summed E-state index contributed by atoms with van der Waals surface area (Å²) in [7, 11) is -36.1. The number of nitrogens with zero attached hydrogens (tertiary/aromatic N) is 1. The minimum atomic E-state index is -6.02. The van der Waals surface area contributed by atoms with E-state index in [1.807, 2.05) is 0 Å². The van der Waals surface area contributed by atoms with Gasteiger partial charge in [-0.2, -0.15) is 0 Å². The molecule has 0 aromatic rings. The van der Waals surface area contributed by atoms with E-state index in [0.29, 0.717) is 19.6 Å². The number of phosphoric ester groups is 6. The molecule has 1 aliphatic rings. The Morgan fingerprint density at radius 1 is 0.348 bits per heavy atom. The van der Waals surface area contributed by atoms with Crippen molar-refractivity contribution in [2.75, 3.05) is 39.5 Å². The van der Waals surface area contributed by atoms with Gasteiger partial charge >= 0.3 is 46.9 Å². The summed E-state index contributed by atoms with van der Waals surface area (Å²) in [5.41, 5.74) is 0. The van der Waals surface area contributed by atoms with Gasteiger partial charge in [-0.15, -0.1) is 0 Å². The minimum absolute atomic E-state index is 0.0694. The van der Waals surface area contributed by atoms with Gasteiger partial charge in [-0.05, 0) is 0 Å². The fourth-order valence-corrected chi connectivity index (χ4v) is 6.89. The first-order valence-electron chi connectivity index (χ1n) is 11.4. The van der Waals surface area contributed by atoms with Gasteiger partial charge in [0, 0.05) is 19.6 Å². The lowest BCUT2D eigenvalue weighted by Gasteiger charge is -2.48. The molecule has 15 N–H and O–H groups in total. The van der Waals surface area contributed by atoms with Crippen molar-refractivity contribution in [3.63, 3.8) is 0 Å². The molecule has 0 radical (unpaired) electrons. The minimum Gasteiger partial charge on any atom is -0.395 e. The van der Waals surface area contributed by atoms with Gasteiger partial charge in [0.25, 0.3) is 0 Å². The Morgan fingerprint density at radius 3 is 0.565 bits per heavy atom. The van der Waals surface area contributed by atoms with Crippen LogP contribution in [0.15, 0.2) is 0 Å². The molecule has 1 saturated carbocycles. The van der Waals surface area contributed by atoms with E-state index in [2.05, 4.69) is 27.1 Å². The van der Waals surface area contributed by atoms with E-state index in [-0.39, 0.29) is 19.8 Å². The van der Waals surface area contributed by atoms with Crippen molar-refractivity contribution < 1.29 is 129 Å². The summed E-state index contributed by atoms with van der Waals surface area (Å²) in [6.45, 7) is 1.75. The highest BCUT2D eigenvalue weighted by atomic mass is 31.2. The molecule has 0 amide bonds. The van der Waals surface area contributed by atoms with Gasteiger partial charge < -0.3 is 74.0 Å². The molecule has 0 aromatic carbocycles. The second-order valence-electron chi connectivity index (χ2n) is 8.38. The third-order valence-corrected chi connectivity index (χ3v) is 7.85. The molecule has 0 heterocycles. The summed E-state index contributed by atoms with van der Waals surface area (Å²) < 4.78 is 93.1. The van der Waals surface area contributed by atoms with Crippen LogP contribution in [0.25, 0.3) is 0 Å². The molecule has 0 unspecified atom stereocenters. The van der Waals surface area contributed by atoms with Gasteiger partial charge in [-0.3, -0.25) is 32.0 Å². The SMILES string of the molecule is O=P(O)(O)OC1C(OP(=O)(O)O)C(OP(=O)(O)O)C(OP(=O)(O)O)C(OP(=O)(O)O)C1OP(=O)(O)O.OCCN(CCO)CCO. The molecule has 0 aliphatic heterocycles. The van der Waals surface area contributed by atoms with Crippen molar-refractivity contribution in [3.05, 3.63) is 0 Å². The van der Waals surface area contributed by atoms with Gasteiger partial charge in [0.05, 0.1) is 19.8 Å². The fourth-order valence-electron chi connectivity index (χ4n) is 3.55. The Morgan fingerprint density at radius 2 is 0.478 bits per heavy atom. The van der Waals surface area contributed by atoms with E-state index in [4.69, 9.17) is 74.0 Å². The number of hydrogen-bond donors (Lipinski definition) is 15. The van der Waals surface area contributed by atoms with Gasteiger partial charge in [0.1, 0.15) is 36.6 Å². The first kappa shape index (κ1) is 46.5. The van der Waals surface area contributed by atoms with Crippen LogP contribution in [0.2, 0.25) is 0 Å². The third-order valence-electron chi connectivity index (χ3n) is 4.75.